The van der Waals surface area contributed by atoms with Crippen LogP contribution in [0.25, 0.3) is 0 Å². The Labute approximate surface area is 144 Å². The van der Waals surface area contributed by atoms with Gasteiger partial charge in [-0.15, -0.1) is 0 Å². The minimum Gasteiger partial charge on any atom is -0.457 e. The van der Waals surface area contributed by atoms with Crippen LogP contribution < -0.4 is 15.4 Å². The van der Waals surface area contributed by atoms with Crippen LogP contribution in [0.2, 0.25) is 0 Å². The Kier molecular flexibility index (Phi) is 6.38. The van der Waals surface area contributed by atoms with Gasteiger partial charge in [0.05, 0.1) is 12.1 Å². The number of ether oxygens (including phenoxy) is 1. The summed E-state index contributed by atoms with van der Waals surface area (Å²) in [6.45, 7) is 8.25. The normalized spacial score (nSPS) is 11.1. The highest BCUT2D eigenvalue weighted by Gasteiger charge is 2.12. The van der Waals surface area contributed by atoms with Crippen molar-refractivity contribution >= 4 is 5.91 Å². The fourth-order valence-electron chi connectivity index (χ4n) is 2.24. The summed E-state index contributed by atoms with van der Waals surface area (Å²) in [5.74, 6) is 1.46. The third-order valence-electron chi connectivity index (χ3n) is 3.52. The van der Waals surface area contributed by atoms with Crippen LogP contribution in [0.15, 0.2) is 54.6 Å². The van der Waals surface area contributed by atoms with E-state index in [2.05, 4.69) is 31.4 Å². The average Bonchev–Trinajstić information content (AvgIpc) is 2.55. The van der Waals surface area contributed by atoms with E-state index in [1.165, 1.54) is 0 Å². The Morgan fingerprint density at radius 1 is 1.00 bits per heavy atom. The first-order valence-corrected chi connectivity index (χ1v) is 8.39. The molecular formula is C20H27N2O2+. The molecule has 0 fully saturated rings. The maximum Gasteiger partial charge on any atom is 0.251 e. The lowest BCUT2D eigenvalue weighted by Gasteiger charge is -2.16. The van der Waals surface area contributed by atoms with Crippen molar-refractivity contribution in [3.05, 3.63) is 60.2 Å². The van der Waals surface area contributed by atoms with Crippen LogP contribution in [-0.2, 0) is 0 Å². The van der Waals surface area contributed by atoms with E-state index in [0.717, 1.165) is 24.5 Å². The number of carbonyl (C=O) groups is 1. The number of hydrogen-bond donors (Lipinski definition) is 2. The lowest BCUT2D eigenvalue weighted by atomic mass is 10.1. The van der Waals surface area contributed by atoms with E-state index in [4.69, 9.17) is 4.74 Å². The van der Waals surface area contributed by atoms with Gasteiger partial charge in [-0.05, 0) is 57.2 Å². The zero-order valence-electron chi connectivity index (χ0n) is 14.7. The predicted octanol–water partition coefficient (Wildman–Crippen LogP) is 2.96. The second kappa shape index (κ2) is 8.50. The topological polar surface area (TPSA) is 54.9 Å². The lowest BCUT2D eigenvalue weighted by molar-refractivity contribution is -0.717. The van der Waals surface area contributed by atoms with Crippen LogP contribution in [0.5, 0.6) is 11.5 Å². The molecule has 0 aliphatic heterocycles. The first-order valence-electron chi connectivity index (χ1n) is 8.39. The fourth-order valence-corrected chi connectivity index (χ4v) is 2.24. The summed E-state index contributed by atoms with van der Waals surface area (Å²) in [6, 6.07) is 16.8. The molecule has 0 heterocycles. The van der Waals surface area contributed by atoms with Crippen molar-refractivity contribution in [1.82, 2.24) is 5.32 Å². The Morgan fingerprint density at radius 3 is 2.25 bits per heavy atom. The van der Waals surface area contributed by atoms with Crippen molar-refractivity contribution in [3.63, 3.8) is 0 Å². The zero-order valence-corrected chi connectivity index (χ0v) is 14.7. The molecule has 0 radical (unpaired) electrons. The van der Waals surface area contributed by atoms with Gasteiger partial charge >= 0.3 is 0 Å². The molecule has 0 saturated carbocycles. The van der Waals surface area contributed by atoms with Crippen LogP contribution >= 0.6 is 0 Å². The molecule has 0 aliphatic rings. The number of nitrogens with one attached hydrogen (secondary N) is 1. The van der Waals surface area contributed by atoms with Gasteiger partial charge in [0, 0.05) is 18.5 Å². The summed E-state index contributed by atoms with van der Waals surface area (Å²) in [5, 5.41) is 5.24. The molecule has 4 nitrogen and oxygen atoms in total. The zero-order chi connectivity index (χ0) is 17.4. The highest BCUT2D eigenvalue weighted by molar-refractivity contribution is 5.94. The molecule has 0 spiro atoms. The van der Waals surface area contributed by atoms with Gasteiger partial charge in [0.2, 0.25) is 0 Å². The van der Waals surface area contributed by atoms with E-state index >= 15 is 0 Å². The standard InChI is InChI=1S/C20H26N2O2/c1-20(2,3)22-15-7-14-21-19(23)16-10-12-18(13-11-16)24-17-8-5-4-6-9-17/h4-6,8-13,22H,7,14-15H2,1-3H3,(H,21,23)/p+1. The number of carbonyl (C=O) groups excluding carboxylic acids is 1. The highest BCUT2D eigenvalue weighted by Crippen LogP contribution is 2.21. The van der Waals surface area contributed by atoms with E-state index in [1.807, 2.05) is 42.5 Å². The number of hydrogen-bond acceptors (Lipinski definition) is 2. The molecule has 4 heteroatoms. The molecule has 0 saturated heterocycles. The number of amides is 1. The summed E-state index contributed by atoms with van der Waals surface area (Å²) in [5.41, 5.74) is 0.883. The Bertz CT molecular complexity index is 631. The smallest absolute Gasteiger partial charge is 0.251 e. The van der Waals surface area contributed by atoms with Crippen LogP contribution in [0.4, 0.5) is 0 Å². The Morgan fingerprint density at radius 2 is 1.62 bits per heavy atom. The summed E-state index contributed by atoms with van der Waals surface area (Å²) >= 11 is 0. The van der Waals surface area contributed by atoms with E-state index in [9.17, 15) is 4.79 Å². The van der Waals surface area contributed by atoms with E-state index in [0.29, 0.717) is 12.1 Å². The molecule has 2 aromatic carbocycles. The van der Waals surface area contributed by atoms with E-state index < -0.39 is 0 Å². The summed E-state index contributed by atoms with van der Waals surface area (Å²) in [7, 11) is 0. The van der Waals surface area contributed by atoms with Gasteiger partial charge in [-0.3, -0.25) is 4.79 Å². The maximum atomic E-state index is 12.1. The van der Waals surface area contributed by atoms with Crippen molar-refractivity contribution in [2.24, 2.45) is 0 Å². The molecule has 0 aromatic heterocycles. The van der Waals surface area contributed by atoms with Crippen LogP contribution in [-0.4, -0.2) is 24.5 Å². The molecule has 24 heavy (non-hydrogen) atoms. The van der Waals surface area contributed by atoms with Gasteiger partial charge in [0.1, 0.15) is 11.5 Å². The van der Waals surface area contributed by atoms with Crippen molar-refractivity contribution < 1.29 is 14.8 Å². The van der Waals surface area contributed by atoms with Crippen LogP contribution in [0.1, 0.15) is 37.6 Å². The minimum absolute atomic E-state index is 0.0444. The second-order valence-electron chi connectivity index (χ2n) is 6.91. The van der Waals surface area contributed by atoms with E-state index in [-0.39, 0.29) is 11.4 Å². The second-order valence-corrected chi connectivity index (χ2v) is 6.91. The number of rotatable bonds is 7. The SMILES string of the molecule is CC(C)(C)[NH2+]CCCNC(=O)c1ccc(Oc2ccccc2)cc1. The third kappa shape index (κ3) is 6.42. The average molecular weight is 327 g/mol. The fraction of sp³-hybridized carbons (Fsp3) is 0.350. The minimum atomic E-state index is -0.0444. The van der Waals surface area contributed by atoms with Crippen LogP contribution in [0, 0.1) is 0 Å². The van der Waals surface area contributed by atoms with Crippen LogP contribution in [0.3, 0.4) is 0 Å². The highest BCUT2D eigenvalue weighted by atomic mass is 16.5. The number of para-hydroxylation sites is 1. The molecule has 3 N–H and O–H groups in total. The van der Waals surface area contributed by atoms with Gasteiger partial charge in [-0.1, -0.05) is 18.2 Å². The van der Waals surface area contributed by atoms with Gasteiger partial charge in [-0.2, -0.15) is 0 Å². The summed E-state index contributed by atoms with van der Waals surface area (Å²) in [6.07, 6.45) is 0.957. The van der Waals surface area contributed by atoms with E-state index in [1.54, 1.807) is 12.1 Å². The quantitative estimate of drug-likeness (QED) is 0.768. The van der Waals surface area contributed by atoms with Gasteiger partial charge in [0.25, 0.3) is 5.91 Å². The monoisotopic (exact) mass is 327 g/mol. The van der Waals surface area contributed by atoms with Crippen molar-refractivity contribution in [3.8, 4) is 11.5 Å². The molecule has 0 aliphatic carbocycles. The Hall–Kier alpha value is -2.33. The lowest BCUT2D eigenvalue weighted by Crippen LogP contribution is -2.94. The molecule has 2 rings (SSSR count). The Balaban J connectivity index is 1.77. The molecule has 2 aromatic rings. The number of quaternary nitrogens is 1. The third-order valence-corrected chi connectivity index (χ3v) is 3.52. The van der Waals surface area contributed by atoms with Gasteiger partial charge in [0.15, 0.2) is 0 Å². The van der Waals surface area contributed by atoms with Gasteiger partial charge in [-0.25, -0.2) is 0 Å². The largest absolute Gasteiger partial charge is 0.457 e. The van der Waals surface area contributed by atoms with Crippen molar-refractivity contribution in [1.29, 1.82) is 0 Å². The summed E-state index contributed by atoms with van der Waals surface area (Å²) < 4.78 is 5.72. The van der Waals surface area contributed by atoms with Crippen molar-refractivity contribution in [2.75, 3.05) is 13.1 Å². The molecular weight excluding hydrogens is 300 g/mol. The molecule has 0 unspecified atom stereocenters. The molecule has 1 amide bonds. The first-order chi connectivity index (χ1) is 11.4. The maximum absolute atomic E-state index is 12.1. The van der Waals surface area contributed by atoms with Gasteiger partial charge < -0.3 is 15.4 Å². The number of nitrogens with two attached hydrogens (primary N) is 1. The molecule has 0 bridgehead atoms. The predicted molar refractivity (Wildman–Crippen MR) is 96.5 cm³/mol. The summed E-state index contributed by atoms with van der Waals surface area (Å²) in [4.78, 5) is 12.1. The molecule has 128 valence electrons. The first kappa shape index (κ1) is 18.0. The van der Waals surface area contributed by atoms with Crippen molar-refractivity contribution in [2.45, 2.75) is 32.7 Å². The number of benzene rings is 2. The molecule has 0 atom stereocenters.